The fourth-order valence-electron chi connectivity index (χ4n) is 2.14. The number of hydrogen-bond acceptors (Lipinski definition) is 3. The lowest BCUT2D eigenvalue weighted by Gasteiger charge is -2.18. The Labute approximate surface area is 130 Å². The molecule has 2 aromatic carbocycles. The third kappa shape index (κ3) is 3.28. The lowest BCUT2D eigenvalue weighted by molar-refractivity contribution is 0.411. The van der Waals surface area contributed by atoms with Crippen molar-refractivity contribution in [1.82, 2.24) is 4.31 Å². The van der Waals surface area contributed by atoms with Crippen LogP contribution in [0.15, 0.2) is 47.4 Å². The number of halogens is 1. The number of benzene rings is 2. The van der Waals surface area contributed by atoms with Gasteiger partial charge in [0.1, 0.15) is 11.6 Å². The molecule has 118 valence electrons. The summed E-state index contributed by atoms with van der Waals surface area (Å²) in [7, 11) is -0.730. The molecule has 0 N–H and O–H groups in total. The Bertz CT molecular complexity index is 775. The van der Waals surface area contributed by atoms with Crippen LogP contribution < -0.4 is 4.74 Å². The first-order chi connectivity index (χ1) is 10.4. The highest BCUT2D eigenvalue weighted by Gasteiger charge is 2.22. The zero-order valence-electron chi connectivity index (χ0n) is 12.7. The highest BCUT2D eigenvalue weighted by atomic mass is 32.2. The van der Waals surface area contributed by atoms with E-state index >= 15 is 0 Å². The number of sulfonamides is 1. The van der Waals surface area contributed by atoms with Gasteiger partial charge in [-0.1, -0.05) is 18.2 Å². The molecule has 0 bridgehead atoms. The van der Waals surface area contributed by atoms with E-state index in [1.165, 1.54) is 26.3 Å². The van der Waals surface area contributed by atoms with Crippen molar-refractivity contribution in [2.45, 2.75) is 18.4 Å². The number of nitrogens with zero attached hydrogens (tertiary/aromatic N) is 1. The molecule has 0 fully saturated rings. The lowest BCUT2D eigenvalue weighted by Crippen LogP contribution is -2.27. The van der Waals surface area contributed by atoms with Crippen LogP contribution in [0.1, 0.15) is 11.1 Å². The predicted octanol–water partition coefficient (Wildman–Crippen LogP) is 2.96. The summed E-state index contributed by atoms with van der Waals surface area (Å²) in [6, 6.07) is 10.8. The molecule has 4 nitrogen and oxygen atoms in total. The van der Waals surface area contributed by atoms with E-state index in [1.807, 2.05) is 0 Å². The molecule has 0 heterocycles. The van der Waals surface area contributed by atoms with Crippen LogP contribution in [0.2, 0.25) is 0 Å². The Morgan fingerprint density at radius 3 is 2.45 bits per heavy atom. The van der Waals surface area contributed by atoms with E-state index in [2.05, 4.69) is 0 Å². The van der Waals surface area contributed by atoms with Gasteiger partial charge in [-0.15, -0.1) is 0 Å². The molecule has 2 rings (SSSR count). The summed E-state index contributed by atoms with van der Waals surface area (Å²) >= 11 is 0. The van der Waals surface area contributed by atoms with Gasteiger partial charge >= 0.3 is 0 Å². The van der Waals surface area contributed by atoms with Crippen molar-refractivity contribution in [1.29, 1.82) is 0 Å². The predicted molar refractivity (Wildman–Crippen MR) is 82.8 cm³/mol. The first kappa shape index (κ1) is 16.5. The van der Waals surface area contributed by atoms with Gasteiger partial charge < -0.3 is 4.74 Å². The maximum absolute atomic E-state index is 13.7. The van der Waals surface area contributed by atoms with Crippen molar-refractivity contribution in [3.8, 4) is 5.75 Å². The molecular weight excluding hydrogens is 305 g/mol. The van der Waals surface area contributed by atoms with Gasteiger partial charge in [0.2, 0.25) is 10.0 Å². The number of aryl methyl sites for hydroxylation is 1. The van der Waals surface area contributed by atoms with Crippen molar-refractivity contribution in [3.63, 3.8) is 0 Å². The second kappa shape index (κ2) is 6.46. The molecule has 0 aliphatic carbocycles. The minimum Gasteiger partial charge on any atom is -0.496 e. The minimum absolute atomic E-state index is 0.0277. The molecule has 0 amide bonds. The van der Waals surface area contributed by atoms with Crippen molar-refractivity contribution < 1.29 is 17.5 Å². The van der Waals surface area contributed by atoms with Gasteiger partial charge in [0.05, 0.1) is 12.0 Å². The second-order valence-electron chi connectivity index (χ2n) is 4.98. The van der Waals surface area contributed by atoms with Gasteiger partial charge in [0.15, 0.2) is 0 Å². The topological polar surface area (TPSA) is 46.6 Å². The molecule has 0 saturated heterocycles. The molecule has 0 saturated carbocycles. The highest BCUT2D eigenvalue weighted by molar-refractivity contribution is 7.89. The van der Waals surface area contributed by atoms with Gasteiger partial charge in [-0.2, -0.15) is 4.31 Å². The van der Waals surface area contributed by atoms with Crippen LogP contribution in [-0.4, -0.2) is 26.9 Å². The second-order valence-corrected chi connectivity index (χ2v) is 7.03. The molecule has 0 spiro atoms. The van der Waals surface area contributed by atoms with Crippen LogP contribution in [-0.2, 0) is 16.6 Å². The van der Waals surface area contributed by atoms with Gasteiger partial charge in [0, 0.05) is 19.2 Å². The van der Waals surface area contributed by atoms with Crippen molar-refractivity contribution in [2.24, 2.45) is 0 Å². The average Bonchev–Trinajstić information content (AvgIpc) is 2.49. The molecule has 6 heteroatoms. The van der Waals surface area contributed by atoms with Crippen LogP contribution in [0.5, 0.6) is 5.75 Å². The van der Waals surface area contributed by atoms with Crippen LogP contribution in [0.25, 0.3) is 0 Å². The highest BCUT2D eigenvalue weighted by Crippen LogP contribution is 2.24. The van der Waals surface area contributed by atoms with Gasteiger partial charge in [-0.25, -0.2) is 12.8 Å². The van der Waals surface area contributed by atoms with E-state index in [0.717, 1.165) is 9.87 Å². The summed E-state index contributed by atoms with van der Waals surface area (Å²) in [5.74, 6) is 0.200. The molecule has 22 heavy (non-hydrogen) atoms. The number of rotatable bonds is 5. The largest absolute Gasteiger partial charge is 0.496 e. The van der Waals surface area contributed by atoms with Gasteiger partial charge in [0.25, 0.3) is 0 Å². The lowest BCUT2D eigenvalue weighted by atomic mass is 10.2. The minimum atomic E-state index is -3.69. The molecule has 0 unspecified atom stereocenters. The maximum atomic E-state index is 13.7. The van der Waals surface area contributed by atoms with E-state index in [4.69, 9.17) is 4.74 Å². The Kier molecular flexibility index (Phi) is 4.83. The number of methoxy groups -OCH3 is 1. The zero-order chi connectivity index (χ0) is 16.3. The molecule has 0 aliphatic heterocycles. The van der Waals surface area contributed by atoms with Gasteiger partial charge in [-0.05, 0) is 36.8 Å². The fourth-order valence-corrected chi connectivity index (χ4v) is 3.38. The average molecular weight is 323 g/mol. The molecule has 2 aromatic rings. The van der Waals surface area contributed by atoms with E-state index in [-0.39, 0.29) is 11.4 Å². The summed E-state index contributed by atoms with van der Waals surface area (Å²) in [5, 5.41) is 0. The summed E-state index contributed by atoms with van der Waals surface area (Å²) in [4.78, 5) is 0.157. The van der Waals surface area contributed by atoms with Crippen LogP contribution in [0.4, 0.5) is 4.39 Å². The first-order valence-corrected chi connectivity index (χ1v) is 8.14. The zero-order valence-corrected chi connectivity index (χ0v) is 13.5. The summed E-state index contributed by atoms with van der Waals surface area (Å²) in [6.45, 7) is 1.74. The monoisotopic (exact) mass is 323 g/mol. The van der Waals surface area contributed by atoms with Crippen molar-refractivity contribution in [2.75, 3.05) is 14.2 Å². The maximum Gasteiger partial charge on any atom is 0.243 e. The summed E-state index contributed by atoms with van der Waals surface area (Å²) < 4.78 is 45.0. The van der Waals surface area contributed by atoms with E-state index in [1.54, 1.807) is 37.3 Å². The quantitative estimate of drug-likeness (QED) is 0.850. The number of hydrogen-bond donors (Lipinski definition) is 0. The Hall–Kier alpha value is -1.92. The van der Waals surface area contributed by atoms with Crippen LogP contribution >= 0.6 is 0 Å². The molecule has 0 radical (unpaired) electrons. The van der Waals surface area contributed by atoms with Crippen molar-refractivity contribution in [3.05, 3.63) is 59.4 Å². The molecule has 0 atom stereocenters. The fraction of sp³-hybridized carbons (Fsp3) is 0.250. The van der Waals surface area contributed by atoms with E-state index in [9.17, 15) is 12.8 Å². The Morgan fingerprint density at radius 2 is 1.86 bits per heavy atom. The molecule has 0 aliphatic rings. The summed E-state index contributed by atoms with van der Waals surface area (Å²) in [5.41, 5.74) is 1.06. The normalized spacial score (nSPS) is 11.7. The van der Waals surface area contributed by atoms with E-state index < -0.39 is 15.8 Å². The van der Waals surface area contributed by atoms with E-state index in [0.29, 0.717) is 11.3 Å². The van der Waals surface area contributed by atoms with Crippen LogP contribution in [0.3, 0.4) is 0 Å². The summed E-state index contributed by atoms with van der Waals surface area (Å²) in [6.07, 6.45) is 0. The SMILES string of the molecule is COc1ccc(S(=O)(=O)N(C)Cc2ccccc2F)cc1C. The molecular formula is C16H18FNO3S. The van der Waals surface area contributed by atoms with Crippen molar-refractivity contribution >= 4 is 10.0 Å². The first-order valence-electron chi connectivity index (χ1n) is 6.70. The van der Waals surface area contributed by atoms with Gasteiger partial charge in [-0.3, -0.25) is 0 Å². The molecule has 0 aromatic heterocycles. The smallest absolute Gasteiger partial charge is 0.243 e. The third-order valence-electron chi connectivity index (χ3n) is 3.43. The Morgan fingerprint density at radius 1 is 1.18 bits per heavy atom. The van der Waals surface area contributed by atoms with Crippen LogP contribution in [0, 0.1) is 12.7 Å². The Balaban J connectivity index is 2.30. The third-order valence-corrected chi connectivity index (χ3v) is 5.22. The number of ether oxygens (including phenoxy) is 1. The standard InChI is InChI=1S/C16H18FNO3S/c1-12-10-14(8-9-16(12)21-3)22(19,20)18(2)11-13-6-4-5-7-15(13)17/h4-10H,11H2,1-3H3.